The highest BCUT2D eigenvalue weighted by atomic mass is 35.5. The van der Waals surface area contributed by atoms with Crippen molar-refractivity contribution >= 4 is 40.7 Å². The van der Waals surface area contributed by atoms with Gasteiger partial charge in [0.25, 0.3) is 5.91 Å². The fourth-order valence-electron chi connectivity index (χ4n) is 4.93. The number of fused-ring (bicyclic) bond motifs is 1. The minimum atomic E-state index is -0.114. The number of rotatable bonds is 4. The fourth-order valence-corrected chi connectivity index (χ4v) is 5.48. The molecule has 1 saturated heterocycles. The van der Waals surface area contributed by atoms with Crippen LogP contribution in [0.5, 0.6) is 0 Å². The van der Waals surface area contributed by atoms with Crippen LogP contribution in [-0.4, -0.2) is 52.0 Å². The Labute approximate surface area is 208 Å². The molecule has 2 aliphatic heterocycles. The number of hydrogen-bond acceptors (Lipinski definition) is 4. The van der Waals surface area contributed by atoms with Crippen molar-refractivity contribution in [1.29, 1.82) is 0 Å². The predicted molar refractivity (Wildman–Crippen MR) is 132 cm³/mol. The number of piperidine rings is 1. The number of hydrogen-bond donors (Lipinski definition) is 1. The Bertz CT molecular complexity index is 1250. The first kappa shape index (κ1) is 22.9. The topological polar surface area (TPSA) is 82.2 Å². The predicted octanol–water partition coefficient (Wildman–Crippen LogP) is 4.78. The number of nitrogens with one attached hydrogen (secondary N) is 1. The summed E-state index contributed by atoms with van der Waals surface area (Å²) < 4.78 is 0. The van der Waals surface area contributed by atoms with Gasteiger partial charge in [-0.25, -0.2) is 4.98 Å². The van der Waals surface area contributed by atoms with Crippen molar-refractivity contribution in [3.63, 3.8) is 0 Å². The molecule has 9 heteroatoms. The highest BCUT2D eigenvalue weighted by Gasteiger charge is 2.28. The highest BCUT2D eigenvalue weighted by Crippen LogP contribution is 2.40. The van der Waals surface area contributed by atoms with E-state index in [4.69, 9.17) is 23.2 Å². The Morgan fingerprint density at radius 2 is 1.97 bits per heavy atom. The van der Waals surface area contributed by atoms with E-state index in [2.05, 4.69) is 15.2 Å². The molecule has 0 spiro atoms. The van der Waals surface area contributed by atoms with Crippen LogP contribution >= 0.6 is 23.2 Å². The molecule has 2 amide bonds. The molecular formula is C25H25Cl2N5O2. The Morgan fingerprint density at radius 3 is 2.74 bits per heavy atom. The molecule has 3 aromatic rings. The van der Waals surface area contributed by atoms with E-state index >= 15 is 0 Å². The first-order valence-electron chi connectivity index (χ1n) is 11.4. The smallest absolute Gasteiger partial charge is 0.273 e. The summed E-state index contributed by atoms with van der Waals surface area (Å²) in [6.07, 6.45) is 7.20. The zero-order chi connectivity index (χ0) is 23.8. The van der Waals surface area contributed by atoms with Crippen LogP contribution in [0.3, 0.4) is 0 Å². The number of benzene rings is 1. The Balaban J connectivity index is 1.29. The number of aromatic nitrogens is 3. The van der Waals surface area contributed by atoms with E-state index in [1.807, 2.05) is 23.2 Å². The molecule has 7 nitrogen and oxygen atoms in total. The summed E-state index contributed by atoms with van der Waals surface area (Å²) in [6, 6.07) is 7.34. The van der Waals surface area contributed by atoms with Gasteiger partial charge in [-0.2, -0.15) is 5.10 Å². The molecule has 0 saturated carbocycles. The van der Waals surface area contributed by atoms with Crippen LogP contribution in [-0.2, 0) is 17.6 Å². The third-order valence-electron chi connectivity index (χ3n) is 6.90. The lowest BCUT2D eigenvalue weighted by molar-refractivity contribution is -0.118. The molecule has 0 bridgehead atoms. The molecular weight excluding hydrogens is 473 g/mol. The number of carbonyl (C=O) groups is 2. The maximum absolute atomic E-state index is 12.8. The fraction of sp³-hybridized carbons (Fsp3) is 0.360. The summed E-state index contributed by atoms with van der Waals surface area (Å²) in [7, 11) is 1.79. The molecule has 5 rings (SSSR count). The average Bonchev–Trinajstić information content (AvgIpc) is 3.30. The standard InChI is InChI=1S/C25H25Cl2N5O2/c1-31-20-6-4-18(22(27)17(20)5-7-21(31)33)23-16(14-29-30-23)13-15-8-11-32(12-9-15)25(34)24-19(26)3-2-10-28-24/h2-4,6,10,14-15H,5,7-9,11-13H2,1H3,(H,29,30). The first-order valence-corrected chi connectivity index (χ1v) is 12.2. The molecule has 2 aromatic heterocycles. The molecule has 0 atom stereocenters. The van der Waals surface area contributed by atoms with E-state index in [1.54, 1.807) is 30.3 Å². The van der Waals surface area contributed by atoms with Gasteiger partial charge in [0.1, 0.15) is 5.69 Å². The maximum atomic E-state index is 12.8. The van der Waals surface area contributed by atoms with Crippen molar-refractivity contribution in [1.82, 2.24) is 20.1 Å². The number of halogens is 2. The summed E-state index contributed by atoms with van der Waals surface area (Å²) in [6.45, 7) is 1.34. The van der Waals surface area contributed by atoms with Crippen molar-refractivity contribution in [3.05, 3.63) is 63.5 Å². The van der Waals surface area contributed by atoms with Gasteiger partial charge in [0.05, 0.1) is 21.9 Å². The van der Waals surface area contributed by atoms with E-state index in [0.29, 0.717) is 47.6 Å². The van der Waals surface area contributed by atoms with Crippen LogP contribution in [0.15, 0.2) is 36.7 Å². The lowest BCUT2D eigenvalue weighted by atomic mass is 9.88. The van der Waals surface area contributed by atoms with Gasteiger partial charge in [-0.3, -0.25) is 14.7 Å². The zero-order valence-electron chi connectivity index (χ0n) is 18.9. The van der Waals surface area contributed by atoms with Crippen LogP contribution in [0.2, 0.25) is 10.0 Å². The zero-order valence-corrected chi connectivity index (χ0v) is 20.4. The van der Waals surface area contributed by atoms with Gasteiger partial charge in [0.2, 0.25) is 5.91 Å². The van der Waals surface area contributed by atoms with Crippen molar-refractivity contribution in [2.24, 2.45) is 5.92 Å². The summed E-state index contributed by atoms with van der Waals surface area (Å²) >= 11 is 13.0. The van der Waals surface area contributed by atoms with Crippen molar-refractivity contribution in [2.75, 3.05) is 25.0 Å². The van der Waals surface area contributed by atoms with Gasteiger partial charge < -0.3 is 9.80 Å². The molecule has 0 radical (unpaired) electrons. The Morgan fingerprint density at radius 1 is 1.18 bits per heavy atom. The van der Waals surface area contributed by atoms with E-state index < -0.39 is 0 Å². The third kappa shape index (κ3) is 4.18. The summed E-state index contributed by atoms with van der Waals surface area (Å²) in [5.74, 6) is 0.422. The molecule has 2 aliphatic rings. The number of pyridine rings is 1. The molecule has 1 fully saturated rings. The summed E-state index contributed by atoms with van der Waals surface area (Å²) in [4.78, 5) is 32.5. The number of amides is 2. The molecule has 0 unspecified atom stereocenters. The highest BCUT2D eigenvalue weighted by molar-refractivity contribution is 6.35. The van der Waals surface area contributed by atoms with Crippen LogP contribution in [0, 0.1) is 5.92 Å². The van der Waals surface area contributed by atoms with E-state index in [0.717, 1.165) is 47.3 Å². The van der Waals surface area contributed by atoms with Crippen molar-refractivity contribution < 1.29 is 9.59 Å². The van der Waals surface area contributed by atoms with Crippen LogP contribution in [0.4, 0.5) is 5.69 Å². The first-order chi connectivity index (χ1) is 16.4. The second kappa shape index (κ2) is 9.39. The number of anilines is 1. The van der Waals surface area contributed by atoms with Crippen LogP contribution in [0.1, 0.15) is 40.9 Å². The number of nitrogens with zero attached hydrogens (tertiary/aromatic N) is 4. The number of H-pyrrole nitrogens is 1. The maximum Gasteiger partial charge on any atom is 0.273 e. The van der Waals surface area contributed by atoms with Gasteiger partial charge in [-0.05, 0) is 67.0 Å². The largest absolute Gasteiger partial charge is 0.337 e. The van der Waals surface area contributed by atoms with Crippen LogP contribution in [0.25, 0.3) is 11.3 Å². The van der Waals surface area contributed by atoms with Gasteiger partial charge >= 0.3 is 0 Å². The molecule has 34 heavy (non-hydrogen) atoms. The van der Waals surface area contributed by atoms with Crippen LogP contribution < -0.4 is 4.90 Å². The lowest BCUT2D eigenvalue weighted by Gasteiger charge is -2.32. The SMILES string of the molecule is CN1C(=O)CCc2c1ccc(-c1[nH]ncc1CC1CCN(C(=O)c3ncccc3Cl)CC1)c2Cl. The summed E-state index contributed by atoms with van der Waals surface area (Å²) in [5, 5.41) is 8.49. The second-order valence-electron chi connectivity index (χ2n) is 8.92. The average molecular weight is 498 g/mol. The van der Waals surface area contributed by atoms with Gasteiger partial charge in [0.15, 0.2) is 0 Å². The molecule has 1 aromatic carbocycles. The number of aromatic amines is 1. The number of likely N-dealkylation sites (tertiary alicyclic amines) is 1. The monoisotopic (exact) mass is 497 g/mol. The molecule has 0 aliphatic carbocycles. The lowest BCUT2D eigenvalue weighted by Crippen LogP contribution is -2.39. The van der Waals surface area contributed by atoms with E-state index in [-0.39, 0.29) is 11.8 Å². The van der Waals surface area contributed by atoms with Gasteiger partial charge in [0, 0.05) is 44.0 Å². The molecule has 1 N–H and O–H groups in total. The molecule has 4 heterocycles. The minimum Gasteiger partial charge on any atom is -0.337 e. The quantitative estimate of drug-likeness (QED) is 0.561. The summed E-state index contributed by atoms with van der Waals surface area (Å²) in [5.41, 5.74) is 5.13. The Kier molecular flexibility index (Phi) is 6.32. The van der Waals surface area contributed by atoms with E-state index in [9.17, 15) is 9.59 Å². The normalized spacial score (nSPS) is 16.6. The van der Waals surface area contributed by atoms with E-state index in [1.165, 1.54) is 0 Å². The number of carbonyl (C=O) groups excluding carboxylic acids is 2. The minimum absolute atomic E-state index is 0.105. The third-order valence-corrected chi connectivity index (χ3v) is 7.64. The van der Waals surface area contributed by atoms with Gasteiger partial charge in [-0.1, -0.05) is 23.2 Å². The molecule has 176 valence electrons. The second-order valence-corrected chi connectivity index (χ2v) is 9.71. The van der Waals surface area contributed by atoms with Crippen molar-refractivity contribution in [2.45, 2.75) is 32.1 Å². The van der Waals surface area contributed by atoms with Crippen molar-refractivity contribution in [3.8, 4) is 11.3 Å². The van der Waals surface area contributed by atoms with Gasteiger partial charge in [-0.15, -0.1) is 0 Å². The Hall–Kier alpha value is -2.90.